The van der Waals surface area contributed by atoms with Gasteiger partial charge in [0.05, 0.1) is 36.5 Å². The Kier molecular flexibility index (Phi) is 7.52. The number of aromatic nitrogens is 5. The van der Waals surface area contributed by atoms with E-state index in [1.54, 1.807) is 20.5 Å². The minimum absolute atomic E-state index is 0.0517. The zero-order valence-corrected chi connectivity index (χ0v) is 22.2. The standard InChI is InChI=1S/C28H33N7O2/c1-18-25(20(3)33(5)31-18)15-27(36)30-22-10-12-24(13-11-22)35(17-23-9-7-8-14-29-23)28(37)16-26-19(2)32-34(6)21(26)4/h7-14H,15-17H2,1-6H3,(H,30,36). The van der Waals surface area contributed by atoms with Gasteiger partial charge in [0.2, 0.25) is 11.8 Å². The molecule has 0 bridgehead atoms. The molecule has 0 aliphatic heterocycles. The van der Waals surface area contributed by atoms with Crippen LogP contribution >= 0.6 is 0 Å². The highest BCUT2D eigenvalue weighted by Gasteiger charge is 2.21. The van der Waals surface area contributed by atoms with Crippen LogP contribution in [0.5, 0.6) is 0 Å². The van der Waals surface area contributed by atoms with Crippen molar-refractivity contribution in [2.24, 2.45) is 14.1 Å². The lowest BCUT2D eigenvalue weighted by Crippen LogP contribution is -2.32. The first-order valence-corrected chi connectivity index (χ1v) is 12.2. The summed E-state index contributed by atoms with van der Waals surface area (Å²) in [7, 11) is 3.75. The number of benzene rings is 1. The van der Waals surface area contributed by atoms with Crippen molar-refractivity contribution in [3.8, 4) is 0 Å². The summed E-state index contributed by atoms with van der Waals surface area (Å²) in [5.41, 5.74) is 7.70. The number of nitrogens with one attached hydrogen (secondary N) is 1. The molecule has 0 unspecified atom stereocenters. The van der Waals surface area contributed by atoms with E-state index in [0.717, 1.165) is 45.3 Å². The topological polar surface area (TPSA) is 97.9 Å². The molecule has 37 heavy (non-hydrogen) atoms. The van der Waals surface area contributed by atoms with Gasteiger partial charge in [0.15, 0.2) is 0 Å². The van der Waals surface area contributed by atoms with Crippen molar-refractivity contribution in [2.75, 3.05) is 10.2 Å². The Morgan fingerprint density at radius 3 is 1.95 bits per heavy atom. The van der Waals surface area contributed by atoms with E-state index in [0.29, 0.717) is 12.2 Å². The minimum atomic E-state index is -0.115. The fraction of sp³-hybridized carbons (Fsp3) is 0.321. The van der Waals surface area contributed by atoms with Gasteiger partial charge in [-0.15, -0.1) is 0 Å². The predicted octanol–water partition coefficient (Wildman–Crippen LogP) is 3.74. The maximum atomic E-state index is 13.5. The van der Waals surface area contributed by atoms with E-state index < -0.39 is 0 Å². The van der Waals surface area contributed by atoms with Gasteiger partial charge in [-0.05, 0) is 64.1 Å². The Labute approximate surface area is 217 Å². The van der Waals surface area contributed by atoms with Crippen LogP contribution in [0, 0.1) is 27.7 Å². The third kappa shape index (κ3) is 5.77. The molecular weight excluding hydrogens is 466 g/mol. The Morgan fingerprint density at radius 1 is 0.838 bits per heavy atom. The van der Waals surface area contributed by atoms with Gasteiger partial charge in [0.1, 0.15) is 0 Å². The van der Waals surface area contributed by atoms with Crippen LogP contribution in [0.25, 0.3) is 0 Å². The lowest BCUT2D eigenvalue weighted by atomic mass is 10.1. The van der Waals surface area contributed by atoms with E-state index in [1.807, 2.05) is 84.3 Å². The van der Waals surface area contributed by atoms with Crippen molar-refractivity contribution < 1.29 is 9.59 Å². The number of hydrogen-bond acceptors (Lipinski definition) is 5. The lowest BCUT2D eigenvalue weighted by Gasteiger charge is -2.23. The Balaban J connectivity index is 1.53. The molecule has 192 valence electrons. The molecule has 0 atom stereocenters. The molecule has 0 aliphatic carbocycles. The van der Waals surface area contributed by atoms with Crippen LogP contribution < -0.4 is 10.2 Å². The molecule has 4 aromatic rings. The van der Waals surface area contributed by atoms with Gasteiger partial charge in [-0.25, -0.2) is 0 Å². The lowest BCUT2D eigenvalue weighted by molar-refractivity contribution is -0.118. The maximum Gasteiger partial charge on any atom is 0.231 e. The highest BCUT2D eigenvalue weighted by molar-refractivity contribution is 5.96. The van der Waals surface area contributed by atoms with E-state index >= 15 is 0 Å². The van der Waals surface area contributed by atoms with Crippen molar-refractivity contribution in [2.45, 2.75) is 47.1 Å². The third-order valence-corrected chi connectivity index (χ3v) is 6.79. The van der Waals surface area contributed by atoms with Gasteiger partial charge in [0.25, 0.3) is 0 Å². The van der Waals surface area contributed by atoms with Gasteiger partial charge >= 0.3 is 0 Å². The van der Waals surface area contributed by atoms with Gasteiger partial charge in [-0.2, -0.15) is 10.2 Å². The number of amides is 2. The first kappa shape index (κ1) is 25.8. The molecule has 1 aromatic carbocycles. The molecule has 2 amide bonds. The van der Waals surface area contributed by atoms with Crippen molar-refractivity contribution >= 4 is 23.2 Å². The average Bonchev–Trinajstić information content (AvgIpc) is 3.26. The summed E-state index contributed by atoms with van der Waals surface area (Å²) in [5.74, 6) is -0.167. The number of carbonyl (C=O) groups excluding carboxylic acids is 2. The monoisotopic (exact) mass is 499 g/mol. The fourth-order valence-corrected chi connectivity index (χ4v) is 4.46. The fourth-order valence-electron chi connectivity index (χ4n) is 4.46. The van der Waals surface area contributed by atoms with Crippen molar-refractivity contribution in [1.29, 1.82) is 0 Å². The number of hydrogen-bond donors (Lipinski definition) is 1. The molecule has 0 fully saturated rings. The van der Waals surface area contributed by atoms with Crippen LogP contribution in [0.1, 0.15) is 39.6 Å². The van der Waals surface area contributed by atoms with Crippen LogP contribution in [0.4, 0.5) is 11.4 Å². The predicted molar refractivity (Wildman–Crippen MR) is 143 cm³/mol. The van der Waals surface area contributed by atoms with Gasteiger partial charge in [0, 0.05) is 54.2 Å². The number of pyridine rings is 1. The number of carbonyl (C=O) groups is 2. The summed E-state index contributed by atoms with van der Waals surface area (Å²) in [6.45, 7) is 8.09. The zero-order valence-electron chi connectivity index (χ0n) is 22.2. The first-order valence-electron chi connectivity index (χ1n) is 12.2. The highest BCUT2D eigenvalue weighted by atomic mass is 16.2. The summed E-state index contributed by atoms with van der Waals surface area (Å²) < 4.78 is 3.58. The SMILES string of the molecule is Cc1nn(C)c(C)c1CC(=O)Nc1ccc(N(Cc2ccccn2)C(=O)Cc2c(C)nn(C)c2C)cc1. The quantitative estimate of drug-likeness (QED) is 0.398. The minimum Gasteiger partial charge on any atom is -0.326 e. The molecule has 0 aliphatic rings. The second-order valence-corrected chi connectivity index (χ2v) is 9.30. The smallest absolute Gasteiger partial charge is 0.231 e. The summed E-state index contributed by atoms with van der Waals surface area (Å²) >= 11 is 0. The second kappa shape index (κ2) is 10.8. The van der Waals surface area contributed by atoms with Crippen molar-refractivity contribution in [1.82, 2.24) is 24.5 Å². The van der Waals surface area contributed by atoms with Crippen LogP contribution in [-0.2, 0) is 43.1 Å². The third-order valence-electron chi connectivity index (χ3n) is 6.79. The molecule has 9 heteroatoms. The molecule has 3 aromatic heterocycles. The molecular formula is C28H33N7O2. The molecule has 9 nitrogen and oxygen atoms in total. The van der Waals surface area contributed by atoms with Crippen LogP contribution in [0.3, 0.4) is 0 Å². The zero-order chi connectivity index (χ0) is 26.7. The Hall–Kier alpha value is -4.27. The Bertz CT molecular complexity index is 1420. The normalized spacial score (nSPS) is 11.0. The number of aryl methyl sites for hydroxylation is 4. The maximum absolute atomic E-state index is 13.5. The largest absolute Gasteiger partial charge is 0.326 e. The number of rotatable bonds is 8. The second-order valence-electron chi connectivity index (χ2n) is 9.30. The Morgan fingerprint density at radius 2 is 1.43 bits per heavy atom. The van der Waals surface area contributed by atoms with Gasteiger partial charge in [-0.1, -0.05) is 6.07 Å². The summed E-state index contributed by atoms with van der Waals surface area (Å²) in [5, 5.41) is 11.8. The van der Waals surface area contributed by atoms with E-state index in [1.165, 1.54) is 0 Å². The summed E-state index contributed by atoms with van der Waals surface area (Å²) in [6.07, 6.45) is 2.21. The van der Waals surface area contributed by atoms with E-state index in [2.05, 4.69) is 20.5 Å². The van der Waals surface area contributed by atoms with Crippen molar-refractivity contribution in [3.63, 3.8) is 0 Å². The van der Waals surface area contributed by atoms with Crippen LogP contribution in [-0.4, -0.2) is 36.4 Å². The van der Waals surface area contributed by atoms with Gasteiger partial charge < -0.3 is 10.2 Å². The first-order chi connectivity index (χ1) is 17.6. The summed E-state index contributed by atoms with van der Waals surface area (Å²) in [4.78, 5) is 32.4. The number of nitrogens with zero attached hydrogens (tertiary/aromatic N) is 6. The molecule has 0 spiro atoms. The molecule has 3 heterocycles. The van der Waals surface area contributed by atoms with Crippen LogP contribution in [0.2, 0.25) is 0 Å². The van der Waals surface area contributed by atoms with Gasteiger partial charge in [-0.3, -0.25) is 23.9 Å². The average molecular weight is 500 g/mol. The van der Waals surface area contributed by atoms with Crippen molar-refractivity contribution in [3.05, 3.63) is 88.3 Å². The molecule has 4 rings (SSSR count). The number of anilines is 2. The van der Waals surface area contributed by atoms with E-state index in [-0.39, 0.29) is 24.7 Å². The molecule has 0 saturated carbocycles. The molecule has 0 saturated heterocycles. The van der Waals surface area contributed by atoms with E-state index in [4.69, 9.17) is 0 Å². The van der Waals surface area contributed by atoms with Crippen LogP contribution in [0.15, 0.2) is 48.7 Å². The van der Waals surface area contributed by atoms with E-state index in [9.17, 15) is 9.59 Å². The highest BCUT2D eigenvalue weighted by Crippen LogP contribution is 2.23. The summed E-state index contributed by atoms with van der Waals surface area (Å²) in [6, 6.07) is 13.0. The molecule has 0 radical (unpaired) electrons. The molecule has 1 N–H and O–H groups in total.